The minimum atomic E-state index is -0.708. The van der Waals surface area contributed by atoms with Gasteiger partial charge in [0.2, 0.25) is 11.8 Å². The highest BCUT2D eigenvalue weighted by molar-refractivity contribution is 7.99. The zero-order chi connectivity index (χ0) is 23.8. The van der Waals surface area contributed by atoms with Crippen molar-refractivity contribution < 1.29 is 14.3 Å². The monoisotopic (exact) mass is 465 g/mol. The van der Waals surface area contributed by atoms with Crippen LogP contribution >= 0.6 is 11.8 Å². The number of pyridine rings is 1. The number of aryl methyl sites for hydroxylation is 2. The van der Waals surface area contributed by atoms with E-state index in [2.05, 4.69) is 20.3 Å². The molecule has 2 aromatic heterocycles. The van der Waals surface area contributed by atoms with Gasteiger partial charge in [-0.05, 0) is 62.7 Å². The number of carbonyl (C=O) groups excluding carboxylic acids is 2. The fraction of sp³-hybridized carbons (Fsp3) is 0.292. The third-order valence-electron chi connectivity index (χ3n) is 4.89. The summed E-state index contributed by atoms with van der Waals surface area (Å²) in [6.45, 7) is 5.75. The van der Waals surface area contributed by atoms with E-state index in [4.69, 9.17) is 4.74 Å². The quantitative estimate of drug-likeness (QED) is 0.381. The Morgan fingerprint density at radius 3 is 2.42 bits per heavy atom. The number of rotatable bonds is 9. The molecule has 1 aromatic carbocycles. The second-order valence-corrected chi connectivity index (χ2v) is 8.44. The summed E-state index contributed by atoms with van der Waals surface area (Å²) >= 11 is 1.26. The van der Waals surface area contributed by atoms with Crippen LogP contribution in [0.15, 0.2) is 60.0 Å². The molecule has 3 rings (SSSR count). The van der Waals surface area contributed by atoms with Crippen LogP contribution < -0.4 is 10.1 Å². The van der Waals surface area contributed by atoms with Crippen molar-refractivity contribution in [2.45, 2.75) is 38.5 Å². The molecule has 0 fully saturated rings. The SMILES string of the molecule is COc1ccc(NC(=O)C(C)N(Cc2cccnc2)C(=O)CSc2nc(C)cc(C)n2)cc1. The number of benzene rings is 1. The van der Waals surface area contributed by atoms with Gasteiger partial charge in [-0.25, -0.2) is 9.97 Å². The molecule has 8 nitrogen and oxygen atoms in total. The number of aromatic nitrogens is 3. The fourth-order valence-corrected chi connectivity index (χ4v) is 3.99. The first-order valence-corrected chi connectivity index (χ1v) is 11.4. The number of hydrogen-bond donors (Lipinski definition) is 1. The Morgan fingerprint density at radius 1 is 1.12 bits per heavy atom. The Morgan fingerprint density at radius 2 is 1.82 bits per heavy atom. The molecule has 1 unspecified atom stereocenters. The van der Waals surface area contributed by atoms with Crippen molar-refractivity contribution in [2.75, 3.05) is 18.2 Å². The van der Waals surface area contributed by atoms with E-state index < -0.39 is 6.04 Å². The number of methoxy groups -OCH3 is 1. The molecule has 3 aromatic rings. The van der Waals surface area contributed by atoms with Crippen molar-refractivity contribution >= 4 is 29.3 Å². The number of ether oxygens (including phenoxy) is 1. The first kappa shape index (κ1) is 24.2. The van der Waals surface area contributed by atoms with E-state index in [-0.39, 0.29) is 24.1 Å². The number of thioether (sulfide) groups is 1. The molecule has 0 aliphatic heterocycles. The van der Waals surface area contributed by atoms with Gasteiger partial charge in [-0.15, -0.1) is 0 Å². The van der Waals surface area contributed by atoms with Gasteiger partial charge >= 0.3 is 0 Å². The summed E-state index contributed by atoms with van der Waals surface area (Å²) in [7, 11) is 1.58. The van der Waals surface area contributed by atoms with E-state index >= 15 is 0 Å². The summed E-state index contributed by atoms with van der Waals surface area (Å²) in [5.74, 6) is 0.331. The topological polar surface area (TPSA) is 97.3 Å². The first-order chi connectivity index (χ1) is 15.9. The average Bonchev–Trinajstić information content (AvgIpc) is 2.81. The Hall–Kier alpha value is -3.46. The van der Waals surface area contributed by atoms with Crippen LogP contribution in [0.4, 0.5) is 5.69 Å². The maximum absolute atomic E-state index is 13.2. The van der Waals surface area contributed by atoms with Crippen LogP contribution in [0.1, 0.15) is 23.9 Å². The molecule has 0 bridgehead atoms. The van der Waals surface area contributed by atoms with Crippen LogP contribution in [0.2, 0.25) is 0 Å². The molecule has 9 heteroatoms. The fourth-order valence-electron chi connectivity index (χ4n) is 3.16. The maximum Gasteiger partial charge on any atom is 0.246 e. The molecule has 0 saturated carbocycles. The molecule has 172 valence electrons. The predicted octanol–water partition coefficient (Wildman–Crippen LogP) is 3.65. The molecule has 1 N–H and O–H groups in total. The number of nitrogens with zero attached hydrogens (tertiary/aromatic N) is 4. The molecule has 0 radical (unpaired) electrons. The summed E-state index contributed by atoms with van der Waals surface area (Å²) in [5.41, 5.74) is 3.15. The van der Waals surface area contributed by atoms with Gasteiger partial charge in [0.15, 0.2) is 5.16 Å². The highest BCUT2D eigenvalue weighted by Crippen LogP contribution is 2.19. The van der Waals surface area contributed by atoms with Crippen LogP contribution in [0.5, 0.6) is 5.75 Å². The summed E-state index contributed by atoms with van der Waals surface area (Å²) in [5, 5.41) is 3.41. The number of amides is 2. The highest BCUT2D eigenvalue weighted by atomic mass is 32.2. The smallest absolute Gasteiger partial charge is 0.246 e. The molecule has 0 saturated heterocycles. The Bertz CT molecular complexity index is 1070. The lowest BCUT2D eigenvalue weighted by molar-refractivity contribution is -0.136. The zero-order valence-corrected chi connectivity index (χ0v) is 19.9. The van der Waals surface area contributed by atoms with E-state index in [1.54, 1.807) is 61.7 Å². The lowest BCUT2D eigenvalue weighted by atomic mass is 10.2. The molecule has 2 amide bonds. The number of carbonyl (C=O) groups is 2. The second-order valence-electron chi connectivity index (χ2n) is 7.50. The van der Waals surface area contributed by atoms with Crippen molar-refractivity contribution in [1.29, 1.82) is 0 Å². The average molecular weight is 466 g/mol. The molecular weight excluding hydrogens is 438 g/mol. The third kappa shape index (κ3) is 7.01. The Labute approximate surface area is 197 Å². The predicted molar refractivity (Wildman–Crippen MR) is 128 cm³/mol. The zero-order valence-electron chi connectivity index (χ0n) is 19.1. The van der Waals surface area contributed by atoms with Crippen LogP contribution in [0.3, 0.4) is 0 Å². The Balaban J connectivity index is 1.73. The van der Waals surface area contributed by atoms with Gasteiger partial charge in [0, 0.05) is 36.0 Å². The normalized spacial score (nSPS) is 11.5. The van der Waals surface area contributed by atoms with E-state index in [0.717, 1.165) is 17.0 Å². The number of nitrogens with one attached hydrogen (secondary N) is 1. The molecule has 1 atom stereocenters. The molecule has 2 heterocycles. The van der Waals surface area contributed by atoms with Crippen molar-refractivity contribution in [3.8, 4) is 5.75 Å². The van der Waals surface area contributed by atoms with Crippen LogP contribution in [0.25, 0.3) is 0 Å². The number of hydrogen-bond acceptors (Lipinski definition) is 7. The lowest BCUT2D eigenvalue weighted by Gasteiger charge is -2.28. The van der Waals surface area contributed by atoms with Gasteiger partial charge in [-0.1, -0.05) is 17.8 Å². The second kappa shape index (κ2) is 11.4. The van der Waals surface area contributed by atoms with E-state index in [1.165, 1.54) is 11.8 Å². The van der Waals surface area contributed by atoms with Gasteiger partial charge in [0.1, 0.15) is 11.8 Å². The van der Waals surface area contributed by atoms with Gasteiger partial charge in [0.05, 0.1) is 12.9 Å². The van der Waals surface area contributed by atoms with E-state index in [0.29, 0.717) is 16.6 Å². The minimum Gasteiger partial charge on any atom is -0.497 e. The van der Waals surface area contributed by atoms with Crippen LogP contribution in [-0.2, 0) is 16.1 Å². The van der Waals surface area contributed by atoms with Gasteiger partial charge in [-0.3, -0.25) is 14.6 Å². The van der Waals surface area contributed by atoms with Gasteiger partial charge in [-0.2, -0.15) is 0 Å². The molecule has 33 heavy (non-hydrogen) atoms. The lowest BCUT2D eigenvalue weighted by Crippen LogP contribution is -2.46. The van der Waals surface area contributed by atoms with Crippen molar-refractivity contribution in [2.24, 2.45) is 0 Å². The minimum absolute atomic E-state index is 0.114. The van der Waals surface area contributed by atoms with Crippen LogP contribution in [-0.4, -0.2) is 50.6 Å². The standard InChI is InChI=1S/C24H27N5O3S/c1-16-12-17(2)27-24(26-16)33-15-22(30)29(14-19-6-5-11-25-13-19)18(3)23(31)28-20-7-9-21(32-4)10-8-20/h5-13,18H,14-15H2,1-4H3,(H,28,31). The Kier molecular flexibility index (Phi) is 8.37. The molecule has 0 aliphatic carbocycles. The van der Waals surface area contributed by atoms with Crippen LogP contribution in [0, 0.1) is 13.8 Å². The summed E-state index contributed by atoms with van der Waals surface area (Å²) in [4.78, 5) is 40.6. The largest absolute Gasteiger partial charge is 0.497 e. The highest BCUT2D eigenvalue weighted by Gasteiger charge is 2.26. The van der Waals surface area contributed by atoms with Crippen molar-refractivity contribution in [3.63, 3.8) is 0 Å². The van der Waals surface area contributed by atoms with E-state index in [9.17, 15) is 9.59 Å². The van der Waals surface area contributed by atoms with Crippen molar-refractivity contribution in [1.82, 2.24) is 19.9 Å². The summed E-state index contributed by atoms with van der Waals surface area (Å²) < 4.78 is 5.15. The number of anilines is 1. The summed E-state index contributed by atoms with van der Waals surface area (Å²) in [6.07, 6.45) is 3.36. The van der Waals surface area contributed by atoms with Gasteiger partial charge in [0.25, 0.3) is 0 Å². The molecule has 0 spiro atoms. The molecule has 0 aliphatic rings. The van der Waals surface area contributed by atoms with Gasteiger partial charge < -0.3 is 15.0 Å². The van der Waals surface area contributed by atoms with Crippen molar-refractivity contribution in [3.05, 3.63) is 71.8 Å². The maximum atomic E-state index is 13.2. The van der Waals surface area contributed by atoms with E-state index in [1.807, 2.05) is 26.0 Å². The molecular formula is C24H27N5O3S. The summed E-state index contributed by atoms with van der Waals surface area (Å²) in [6, 6.07) is 11.9. The third-order valence-corrected chi connectivity index (χ3v) is 5.72. The first-order valence-electron chi connectivity index (χ1n) is 10.4.